The largest absolute Gasteiger partial charge is 0.505 e. The van der Waals surface area contributed by atoms with Crippen LogP contribution in [0, 0.1) is 0 Å². The molecule has 0 amide bonds. The first-order valence-electron chi connectivity index (χ1n) is 7.24. The summed E-state index contributed by atoms with van der Waals surface area (Å²) in [6.45, 7) is 10.2. The monoisotopic (exact) mass is 310 g/mol. The van der Waals surface area contributed by atoms with Crippen molar-refractivity contribution in [1.29, 1.82) is 0 Å². The van der Waals surface area contributed by atoms with Gasteiger partial charge in [0.25, 0.3) is 0 Å². The van der Waals surface area contributed by atoms with Crippen LogP contribution in [0.1, 0.15) is 45.1 Å². The third kappa shape index (κ3) is 3.17. The summed E-state index contributed by atoms with van der Waals surface area (Å²) in [6, 6.07) is 2.09. The molecule has 1 aromatic rings. The van der Waals surface area contributed by atoms with Gasteiger partial charge in [-0.2, -0.15) is 0 Å². The number of ether oxygens (including phenoxy) is 1. The fourth-order valence-corrected chi connectivity index (χ4v) is 3.42. The molecule has 116 valence electrons. The highest BCUT2D eigenvalue weighted by atomic mass is 32.1. The van der Waals surface area contributed by atoms with E-state index < -0.39 is 0 Å². The Hall–Kier alpha value is -0.845. The van der Waals surface area contributed by atoms with Gasteiger partial charge in [-0.1, -0.05) is 6.92 Å². The molecule has 1 aliphatic heterocycles. The number of hydrogen-bond donors (Lipinski definition) is 0. The Bertz CT molecular complexity index is 520. The first kappa shape index (κ1) is 16.5. The first-order valence-corrected chi connectivity index (χ1v) is 8.05. The van der Waals surface area contributed by atoms with E-state index >= 15 is 0 Å². The SMILES string of the molecule is CCc1cc(B2OC(C)(C)C(C)(C)O2)sc1CC(=O)OC. The molecule has 0 atom stereocenters. The van der Waals surface area contributed by atoms with Crippen LogP contribution >= 0.6 is 11.3 Å². The maximum Gasteiger partial charge on any atom is 0.505 e. The van der Waals surface area contributed by atoms with Gasteiger partial charge >= 0.3 is 13.1 Å². The fourth-order valence-electron chi connectivity index (χ4n) is 2.22. The van der Waals surface area contributed by atoms with Crippen molar-refractivity contribution in [2.45, 2.75) is 58.7 Å². The highest BCUT2D eigenvalue weighted by molar-refractivity contribution is 7.22. The lowest BCUT2D eigenvalue weighted by atomic mass is 9.87. The Labute approximate surface area is 130 Å². The number of carbonyl (C=O) groups is 1. The molecule has 0 aromatic carbocycles. The molecule has 0 bridgehead atoms. The molecule has 1 saturated heterocycles. The number of thiophene rings is 1. The van der Waals surface area contributed by atoms with Gasteiger partial charge < -0.3 is 14.0 Å². The van der Waals surface area contributed by atoms with Crippen LogP contribution in [0.25, 0.3) is 0 Å². The average Bonchev–Trinajstić information content (AvgIpc) is 2.88. The van der Waals surface area contributed by atoms with E-state index in [1.165, 1.54) is 7.11 Å². The van der Waals surface area contributed by atoms with Crippen LogP contribution in [0.2, 0.25) is 0 Å². The number of hydrogen-bond acceptors (Lipinski definition) is 5. The van der Waals surface area contributed by atoms with Gasteiger partial charge in [-0.15, -0.1) is 11.3 Å². The summed E-state index contributed by atoms with van der Waals surface area (Å²) < 4.78 is 17.9. The topological polar surface area (TPSA) is 44.8 Å². The Balaban J connectivity index is 2.24. The van der Waals surface area contributed by atoms with Gasteiger partial charge in [0.15, 0.2) is 0 Å². The number of esters is 1. The summed E-state index contributed by atoms with van der Waals surface area (Å²) in [5, 5.41) is 0. The molecule has 2 heterocycles. The molecule has 0 radical (unpaired) electrons. The second kappa shape index (κ2) is 5.74. The van der Waals surface area contributed by atoms with E-state index in [1.807, 2.05) is 27.7 Å². The van der Waals surface area contributed by atoms with Gasteiger partial charge in [0.2, 0.25) is 0 Å². The molecule has 0 unspecified atom stereocenters. The molecule has 0 aliphatic carbocycles. The summed E-state index contributed by atoms with van der Waals surface area (Å²) in [7, 11) is 1.05. The van der Waals surface area contributed by atoms with Gasteiger partial charge in [0.1, 0.15) is 0 Å². The molecule has 6 heteroatoms. The van der Waals surface area contributed by atoms with Crippen molar-refractivity contribution in [3.63, 3.8) is 0 Å². The average molecular weight is 310 g/mol. The van der Waals surface area contributed by atoms with Crippen LogP contribution in [0.5, 0.6) is 0 Å². The van der Waals surface area contributed by atoms with Crippen molar-refractivity contribution in [1.82, 2.24) is 0 Å². The molecule has 1 aliphatic rings. The normalized spacial score (nSPS) is 19.8. The standard InChI is InChI=1S/C15H23BO4S/c1-7-10-8-12(21-11(10)9-13(17)18-6)16-19-14(2,3)15(4,5)20-16/h8H,7,9H2,1-6H3. The van der Waals surface area contributed by atoms with Gasteiger partial charge in [-0.25, -0.2) is 0 Å². The summed E-state index contributed by atoms with van der Waals surface area (Å²) >= 11 is 1.58. The number of rotatable bonds is 4. The molecule has 4 nitrogen and oxygen atoms in total. The maximum absolute atomic E-state index is 11.5. The Kier molecular flexibility index (Phi) is 4.52. The lowest BCUT2D eigenvalue weighted by Crippen LogP contribution is -2.41. The highest BCUT2D eigenvalue weighted by Crippen LogP contribution is 2.37. The quantitative estimate of drug-likeness (QED) is 0.632. The van der Waals surface area contributed by atoms with Crippen molar-refractivity contribution in [3.8, 4) is 0 Å². The molecular weight excluding hydrogens is 287 g/mol. The van der Waals surface area contributed by atoms with Gasteiger partial charge in [-0.3, -0.25) is 4.79 Å². The van der Waals surface area contributed by atoms with Crippen LogP contribution in [0.3, 0.4) is 0 Å². The lowest BCUT2D eigenvalue weighted by Gasteiger charge is -2.32. The zero-order chi connectivity index (χ0) is 15.8. The van der Waals surface area contributed by atoms with Crippen LogP contribution in [-0.4, -0.2) is 31.4 Å². The van der Waals surface area contributed by atoms with Crippen LogP contribution in [0.4, 0.5) is 0 Å². The molecule has 21 heavy (non-hydrogen) atoms. The lowest BCUT2D eigenvalue weighted by molar-refractivity contribution is -0.139. The zero-order valence-corrected chi connectivity index (χ0v) is 14.4. The molecule has 0 spiro atoms. The molecular formula is C15H23BO4S. The molecule has 2 rings (SSSR count). The van der Waals surface area contributed by atoms with E-state index in [4.69, 9.17) is 14.0 Å². The first-order chi connectivity index (χ1) is 9.70. The molecule has 0 saturated carbocycles. The summed E-state index contributed by atoms with van der Waals surface area (Å²) in [6.07, 6.45) is 1.19. The van der Waals surface area contributed by atoms with Crippen molar-refractivity contribution in [2.24, 2.45) is 0 Å². The predicted octanol–water partition coefficient (Wildman–Crippen LogP) is 2.33. The minimum Gasteiger partial charge on any atom is -0.469 e. The smallest absolute Gasteiger partial charge is 0.469 e. The third-order valence-corrected chi connectivity index (χ3v) is 5.51. The van der Waals surface area contributed by atoms with E-state index in [-0.39, 0.29) is 24.3 Å². The van der Waals surface area contributed by atoms with E-state index in [2.05, 4.69) is 13.0 Å². The minimum atomic E-state index is -0.364. The third-order valence-electron chi connectivity index (χ3n) is 4.31. The number of aryl methyl sites for hydroxylation is 1. The Morgan fingerprint density at radius 2 is 1.86 bits per heavy atom. The molecule has 1 aromatic heterocycles. The second-order valence-electron chi connectivity index (χ2n) is 6.29. The van der Waals surface area contributed by atoms with Crippen molar-refractivity contribution >= 4 is 29.2 Å². The predicted molar refractivity (Wildman–Crippen MR) is 85.1 cm³/mol. The van der Waals surface area contributed by atoms with E-state index in [0.29, 0.717) is 6.42 Å². The minimum absolute atomic E-state index is 0.216. The summed E-state index contributed by atoms with van der Waals surface area (Å²) in [4.78, 5) is 12.5. The van der Waals surface area contributed by atoms with E-state index in [0.717, 1.165) is 21.6 Å². The molecule has 0 N–H and O–H groups in total. The van der Waals surface area contributed by atoms with Crippen LogP contribution in [-0.2, 0) is 31.7 Å². The zero-order valence-electron chi connectivity index (χ0n) is 13.6. The molecule has 1 fully saturated rings. The fraction of sp³-hybridized carbons (Fsp3) is 0.667. The van der Waals surface area contributed by atoms with Crippen LogP contribution in [0.15, 0.2) is 6.07 Å². The summed E-state index contributed by atoms with van der Waals surface area (Å²) in [5.41, 5.74) is 0.461. The van der Waals surface area contributed by atoms with Gasteiger partial charge in [-0.05, 0) is 45.7 Å². The second-order valence-corrected chi connectivity index (χ2v) is 7.46. The maximum atomic E-state index is 11.5. The van der Waals surface area contributed by atoms with Crippen molar-refractivity contribution in [2.75, 3.05) is 7.11 Å². The Morgan fingerprint density at radius 3 is 2.33 bits per heavy atom. The van der Waals surface area contributed by atoms with Gasteiger partial charge in [0, 0.05) is 9.65 Å². The Morgan fingerprint density at radius 1 is 1.29 bits per heavy atom. The van der Waals surface area contributed by atoms with E-state index in [1.54, 1.807) is 11.3 Å². The number of methoxy groups -OCH3 is 1. The summed E-state index contributed by atoms with van der Waals surface area (Å²) in [5.74, 6) is -0.216. The van der Waals surface area contributed by atoms with Crippen molar-refractivity contribution < 1.29 is 18.8 Å². The highest BCUT2D eigenvalue weighted by Gasteiger charge is 2.52. The van der Waals surface area contributed by atoms with Crippen LogP contribution < -0.4 is 4.78 Å². The number of carbonyl (C=O) groups excluding carboxylic acids is 1. The van der Waals surface area contributed by atoms with Crippen molar-refractivity contribution in [3.05, 3.63) is 16.5 Å². The van der Waals surface area contributed by atoms with Gasteiger partial charge in [0.05, 0.1) is 24.7 Å². The van der Waals surface area contributed by atoms with E-state index in [9.17, 15) is 4.79 Å².